The topological polar surface area (TPSA) is 120 Å². The number of alkyl halides is 3. The number of anilines is 1. The third kappa shape index (κ3) is 7.05. The highest BCUT2D eigenvalue weighted by atomic mass is 19.4. The van der Waals surface area contributed by atoms with Crippen LogP contribution >= 0.6 is 0 Å². The molecular weight excluding hydrogens is 535 g/mol. The highest BCUT2D eigenvalue weighted by molar-refractivity contribution is 6.04. The Morgan fingerprint density at radius 1 is 1.05 bits per heavy atom. The number of halogens is 3. The molecule has 1 heterocycles. The van der Waals surface area contributed by atoms with Crippen molar-refractivity contribution in [1.82, 2.24) is 15.5 Å². The lowest BCUT2D eigenvalue weighted by Gasteiger charge is -2.31. The minimum Gasteiger partial charge on any atom is -0.506 e. The van der Waals surface area contributed by atoms with Gasteiger partial charge in [-0.1, -0.05) is 42.5 Å². The summed E-state index contributed by atoms with van der Waals surface area (Å²) in [6.45, 7) is 3.28. The zero-order valence-corrected chi connectivity index (χ0v) is 22.9. The molecule has 1 saturated heterocycles. The second-order valence-electron chi connectivity index (χ2n) is 10.3. The molecule has 0 aromatic heterocycles. The van der Waals surface area contributed by atoms with Crippen LogP contribution in [-0.2, 0) is 23.2 Å². The monoisotopic (exact) mass is 569 g/mol. The number of likely N-dealkylation sites (tertiary alicyclic amines) is 1. The Bertz CT molecular complexity index is 1410. The van der Waals surface area contributed by atoms with Crippen LogP contribution in [0.15, 0.2) is 66.7 Å². The second kappa shape index (κ2) is 12.3. The van der Waals surface area contributed by atoms with Crippen molar-refractivity contribution < 1.29 is 27.9 Å². The van der Waals surface area contributed by atoms with Crippen molar-refractivity contribution in [2.24, 2.45) is 5.73 Å². The number of benzene rings is 3. The van der Waals surface area contributed by atoms with Crippen LogP contribution in [-0.4, -0.2) is 54.4 Å². The normalized spacial score (nSPS) is 17.2. The standard InChI is InChI=1S/C30H34F3N5O3/c1-19-6-3-4-9-24(19)28(41)29(34,21-7-5-8-22(15-21)30(31,32)33)36-16-27(40)37-23-12-13-38(18-23)17-20-10-11-26(39)25(14-20)35-2/h3-11,14-15,23,35-36,39H,12-13,16-18,34H2,1-2H3,(H,37,40)/t23-,29?/m1/s1. The Kier molecular flexibility index (Phi) is 9.01. The Morgan fingerprint density at radius 2 is 1.78 bits per heavy atom. The van der Waals surface area contributed by atoms with Crippen LogP contribution in [0.25, 0.3) is 0 Å². The molecule has 41 heavy (non-hydrogen) atoms. The highest BCUT2D eigenvalue weighted by Gasteiger charge is 2.40. The van der Waals surface area contributed by atoms with Crippen LogP contribution in [0.3, 0.4) is 0 Å². The zero-order chi connectivity index (χ0) is 29.8. The van der Waals surface area contributed by atoms with Gasteiger partial charge in [0.25, 0.3) is 0 Å². The molecule has 1 amide bonds. The summed E-state index contributed by atoms with van der Waals surface area (Å²) in [5.74, 6) is -0.916. The van der Waals surface area contributed by atoms with E-state index in [-0.39, 0.29) is 29.5 Å². The Balaban J connectivity index is 1.45. The number of nitrogens with one attached hydrogen (secondary N) is 3. The number of Topliss-reactive ketones (excluding diaryl/α,β-unsaturated/α-hetero) is 1. The van der Waals surface area contributed by atoms with Gasteiger partial charge in [-0.3, -0.25) is 19.8 Å². The van der Waals surface area contributed by atoms with Crippen molar-refractivity contribution in [3.8, 4) is 5.75 Å². The first kappa shape index (κ1) is 30.0. The van der Waals surface area contributed by atoms with Gasteiger partial charge in [0, 0.05) is 38.3 Å². The molecule has 1 fully saturated rings. The molecule has 1 aliphatic heterocycles. The summed E-state index contributed by atoms with van der Waals surface area (Å²) in [7, 11) is 1.73. The number of aryl methyl sites for hydroxylation is 1. The van der Waals surface area contributed by atoms with E-state index in [4.69, 9.17) is 5.73 Å². The molecule has 0 saturated carbocycles. The minimum atomic E-state index is -4.64. The largest absolute Gasteiger partial charge is 0.506 e. The van der Waals surface area contributed by atoms with Crippen LogP contribution in [0, 0.1) is 6.92 Å². The molecule has 11 heteroatoms. The van der Waals surface area contributed by atoms with Gasteiger partial charge in [0.15, 0.2) is 5.66 Å². The number of nitrogens with zero attached hydrogens (tertiary/aromatic N) is 1. The number of carbonyl (C=O) groups excluding carboxylic acids is 2. The number of rotatable bonds is 10. The van der Waals surface area contributed by atoms with Gasteiger partial charge in [0.2, 0.25) is 11.7 Å². The number of hydrogen-bond donors (Lipinski definition) is 5. The molecule has 0 radical (unpaired) electrons. The molecule has 0 aliphatic carbocycles. The maximum absolute atomic E-state index is 13.7. The maximum atomic E-state index is 13.7. The number of phenolic OH excluding ortho intramolecular Hbond substituents is 1. The van der Waals surface area contributed by atoms with Gasteiger partial charge in [-0.15, -0.1) is 0 Å². The number of hydrogen-bond acceptors (Lipinski definition) is 7. The van der Waals surface area contributed by atoms with Gasteiger partial charge in [-0.25, -0.2) is 0 Å². The van der Waals surface area contributed by atoms with Crippen LogP contribution in [0.4, 0.5) is 18.9 Å². The minimum absolute atomic E-state index is 0.102. The molecule has 3 aromatic rings. The lowest BCUT2D eigenvalue weighted by Crippen LogP contribution is -2.59. The van der Waals surface area contributed by atoms with Gasteiger partial charge < -0.3 is 21.5 Å². The number of amides is 1. The van der Waals surface area contributed by atoms with E-state index < -0.39 is 29.1 Å². The first-order valence-electron chi connectivity index (χ1n) is 13.2. The lowest BCUT2D eigenvalue weighted by molar-refractivity contribution is -0.137. The zero-order valence-electron chi connectivity index (χ0n) is 22.9. The van der Waals surface area contributed by atoms with E-state index in [0.29, 0.717) is 30.8 Å². The Labute approximate surface area is 236 Å². The van der Waals surface area contributed by atoms with Crippen LogP contribution in [0.5, 0.6) is 5.75 Å². The van der Waals surface area contributed by atoms with Crippen LogP contribution in [0.1, 0.15) is 39.0 Å². The summed E-state index contributed by atoms with van der Waals surface area (Å²) < 4.78 is 40.4. The summed E-state index contributed by atoms with van der Waals surface area (Å²) in [4.78, 5) is 28.8. The molecule has 218 valence electrons. The van der Waals surface area contributed by atoms with Crippen LogP contribution < -0.4 is 21.7 Å². The molecule has 2 atom stereocenters. The maximum Gasteiger partial charge on any atom is 0.416 e. The third-order valence-corrected chi connectivity index (χ3v) is 7.29. The van der Waals surface area contributed by atoms with Gasteiger partial charge in [-0.2, -0.15) is 13.2 Å². The molecule has 8 nitrogen and oxygen atoms in total. The number of nitrogens with two attached hydrogens (primary N) is 1. The summed E-state index contributed by atoms with van der Waals surface area (Å²) in [5, 5.41) is 18.5. The van der Waals surface area contributed by atoms with E-state index in [2.05, 4.69) is 20.9 Å². The quantitative estimate of drug-likeness (QED) is 0.143. The molecule has 1 unspecified atom stereocenters. The summed E-state index contributed by atoms with van der Waals surface area (Å²) in [6.07, 6.45) is -3.94. The number of aromatic hydroxyl groups is 1. The molecule has 1 aliphatic rings. The molecule has 4 rings (SSSR count). The van der Waals surface area contributed by atoms with Crippen molar-refractivity contribution in [2.75, 3.05) is 32.0 Å². The first-order chi connectivity index (χ1) is 19.4. The number of phenols is 1. The number of carbonyl (C=O) groups is 2. The highest BCUT2D eigenvalue weighted by Crippen LogP contribution is 2.32. The Morgan fingerprint density at radius 3 is 2.49 bits per heavy atom. The first-order valence-corrected chi connectivity index (χ1v) is 13.2. The van der Waals surface area contributed by atoms with Gasteiger partial charge >= 0.3 is 6.18 Å². The fraction of sp³-hybridized carbons (Fsp3) is 0.333. The number of ketones is 1. The predicted octanol–water partition coefficient (Wildman–Crippen LogP) is 3.74. The van der Waals surface area contributed by atoms with E-state index in [1.165, 1.54) is 12.1 Å². The van der Waals surface area contributed by atoms with Gasteiger partial charge in [0.05, 0.1) is 17.8 Å². The summed E-state index contributed by atoms with van der Waals surface area (Å²) >= 11 is 0. The smallest absolute Gasteiger partial charge is 0.416 e. The average molecular weight is 570 g/mol. The van der Waals surface area contributed by atoms with E-state index in [1.807, 2.05) is 12.1 Å². The fourth-order valence-corrected chi connectivity index (χ4v) is 5.03. The van der Waals surface area contributed by atoms with Gasteiger partial charge in [0.1, 0.15) is 5.75 Å². The SMILES string of the molecule is CNc1cc(CN2CC[C@@H](NC(=O)CNC(N)(C(=O)c3ccccc3C)c3cccc(C(F)(F)F)c3)C2)ccc1O. The van der Waals surface area contributed by atoms with Crippen LogP contribution in [0.2, 0.25) is 0 Å². The third-order valence-electron chi connectivity index (χ3n) is 7.29. The average Bonchev–Trinajstić information content (AvgIpc) is 3.38. The van der Waals surface area contributed by atoms with Crippen molar-refractivity contribution in [3.63, 3.8) is 0 Å². The van der Waals surface area contributed by atoms with E-state index in [9.17, 15) is 27.9 Å². The van der Waals surface area contributed by atoms with E-state index in [0.717, 1.165) is 24.2 Å². The molecular formula is C30H34F3N5O3. The molecule has 0 spiro atoms. The Hall–Kier alpha value is -3.93. The van der Waals surface area contributed by atoms with Crippen molar-refractivity contribution in [2.45, 2.75) is 37.8 Å². The predicted molar refractivity (Wildman–Crippen MR) is 150 cm³/mol. The molecule has 6 N–H and O–H groups in total. The fourth-order valence-electron chi connectivity index (χ4n) is 5.03. The molecule has 3 aromatic carbocycles. The van der Waals surface area contributed by atoms with E-state index >= 15 is 0 Å². The van der Waals surface area contributed by atoms with Crippen molar-refractivity contribution >= 4 is 17.4 Å². The lowest BCUT2D eigenvalue weighted by atomic mass is 9.88. The van der Waals surface area contributed by atoms with Gasteiger partial charge in [-0.05, 0) is 54.3 Å². The van der Waals surface area contributed by atoms with Crippen molar-refractivity contribution in [3.05, 3.63) is 94.5 Å². The second-order valence-corrected chi connectivity index (χ2v) is 10.3. The summed E-state index contributed by atoms with van der Waals surface area (Å²) in [6, 6.07) is 16.1. The van der Waals surface area contributed by atoms with E-state index in [1.54, 1.807) is 44.3 Å². The van der Waals surface area contributed by atoms with Crippen molar-refractivity contribution in [1.29, 1.82) is 0 Å². The summed E-state index contributed by atoms with van der Waals surface area (Å²) in [5.41, 5.74) is 5.87. The molecule has 0 bridgehead atoms.